The fraction of sp³-hybridized carbons (Fsp3) is 0.625. The number of aromatic nitrogens is 2. The lowest BCUT2D eigenvalue weighted by atomic mass is 10.6. The third-order valence-corrected chi connectivity index (χ3v) is 3.43. The van der Waals surface area contributed by atoms with Gasteiger partial charge in [-0.15, -0.1) is 10.2 Å². The molecule has 0 radical (unpaired) electrons. The van der Waals surface area contributed by atoms with Gasteiger partial charge in [0.05, 0.1) is 12.4 Å². The Hall–Kier alpha value is -0.660. The molecule has 0 saturated heterocycles. The maximum absolute atomic E-state index is 11.3. The number of methoxy groups -OCH3 is 1. The number of thioether (sulfide) groups is 1. The minimum atomic E-state index is -0.00935. The normalized spacial score (nSPS) is 10.3. The van der Waals surface area contributed by atoms with Gasteiger partial charge in [0.15, 0.2) is 4.34 Å². The predicted octanol–water partition coefficient (Wildman–Crippen LogP) is 0.701. The minimum absolute atomic E-state index is 0.00935. The summed E-state index contributed by atoms with van der Waals surface area (Å²) in [6.07, 6.45) is 0. The molecule has 1 N–H and O–H groups in total. The molecule has 0 aromatic carbocycles. The van der Waals surface area contributed by atoms with E-state index in [1.807, 2.05) is 6.92 Å². The van der Waals surface area contributed by atoms with Crippen molar-refractivity contribution in [2.75, 3.05) is 26.0 Å². The van der Waals surface area contributed by atoms with Crippen LogP contribution >= 0.6 is 23.1 Å². The molecule has 5 nitrogen and oxygen atoms in total. The quantitative estimate of drug-likeness (QED) is 0.592. The van der Waals surface area contributed by atoms with Gasteiger partial charge in [-0.25, -0.2) is 0 Å². The number of hydrogen-bond acceptors (Lipinski definition) is 6. The van der Waals surface area contributed by atoms with Gasteiger partial charge in [-0.1, -0.05) is 23.1 Å². The molecule has 0 aliphatic heterocycles. The average molecular weight is 247 g/mol. The zero-order valence-corrected chi connectivity index (χ0v) is 10.3. The highest BCUT2D eigenvalue weighted by molar-refractivity contribution is 8.01. The van der Waals surface area contributed by atoms with Crippen LogP contribution in [0.25, 0.3) is 0 Å². The first-order chi connectivity index (χ1) is 7.22. The number of carbonyl (C=O) groups is 1. The van der Waals surface area contributed by atoms with E-state index in [4.69, 9.17) is 4.74 Å². The Bertz CT molecular complexity index is 317. The first kappa shape index (κ1) is 12.4. The predicted molar refractivity (Wildman–Crippen MR) is 60.3 cm³/mol. The van der Waals surface area contributed by atoms with Crippen molar-refractivity contribution >= 4 is 29.0 Å². The SMILES string of the molecule is COCCNC(=O)CSc1nnc(C)s1. The van der Waals surface area contributed by atoms with E-state index in [0.29, 0.717) is 18.9 Å². The lowest BCUT2D eigenvalue weighted by Crippen LogP contribution is -2.28. The van der Waals surface area contributed by atoms with E-state index in [0.717, 1.165) is 9.35 Å². The van der Waals surface area contributed by atoms with E-state index in [1.165, 1.54) is 23.1 Å². The van der Waals surface area contributed by atoms with Gasteiger partial charge >= 0.3 is 0 Å². The molecule has 0 fully saturated rings. The monoisotopic (exact) mass is 247 g/mol. The van der Waals surface area contributed by atoms with Crippen molar-refractivity contribution in [3.63, 3.8) is 0 Å². The number of amides is 1. The van der Waals surface area contributed by atoms with E-state index in [2.05, 4.69) is 15.5 Å². The highest BCUT2D eigenvalue weighted by atomic mass is 32.2. The Morgan fingerprint density at radius 1 is 1.60 bits per heavy atom. The molecule has 0 aliphatic carbocycles. The van der Waals surface area contributed by atoms with Crippen molar-refractivity contribution in [1.82, 2.24) is 15.5 Å². The van der Waals surface area contributed by atoms with Crippen molar-refractivity contribution in [2.45, 2.75) is 11.3 Å². The second kappa shape index (κ2) is 6.76. The number of hydrogen-bond donors (Lipinski definition) is 1. The van der Waals surface area contributed by atoms with Crippen molar-refractivity contribution in [1.29, 1.82) is 0 Å². The summed E-state index contributed by atoms with van der Waals surface area (Å²) >= 11 is 2.89. The number of carbonyl (C=O) groups excluding carboxylic acids is 1. The van der Waals surface area contributed by atoms with E-state index < -0.39 is 0 Å². The Kier molecular flexibility index (Phi) is 5.59. The topological polar surface area (TPSA) is 64.1 Å². The first-order valence-electron chi connectivity index (χ1n) is 4.41. The second-order valence-corrected chi connectivity index (χ2v) is 5.12. The largest absolute Gasteiger partial charge is 0.383 e. The molecule has 1 aromatic rings. The van der Waals surface area contributed by atoms with E-state index in [-0.39, 0.29) is 5.91 Å². The summed E-state index contributed by atoms with van der Waals surface area (Å²) in [5.74, 6) is 0.364. The molecule has 15 heavy (non-hydrogen) atoms. The molecule has 1 heterocycles. The Morgan fingerprint density at radius 3 is 3.00 bits per heavy atom. The van der Waals surface area contributed by atoms with Crippen LogP contribution in [0.15, 0.2) is 4.34 Å². The van der Waals surface area contributed by atoms with Crippen molar-refractivity contribution < 1.29 is 9.53 Å². The van der Waals surface area contributed by atoms with E-state index >= 15 is 0 Å². The summed E-state index contributed by atoms with van der Waals surface area (Å²) in [6, 6.07) is 0. The van der Waals surface area contributed by atoms with Gasteiger partial charge in [0, 0.05) is 13.7 Å². The van der Waals surface area contributed by atoms with E-state index in [1.54, 1.807) is 7.11 Å². The lowest BCUT2D eigenvalue weighted by molar-refractivity contribution is -0.118. The molecule has 0 spiro atoms. The highest BCUT2D eigenvalue weighted by Crippen LogP contribution is 2.21. The summed E-state index contributed by atoms with van der Waals surface area (Å²) in [5.41, 5.74) is 0. The van der Waals surface area contributed by atoms with Crippen LogP contribution in [0.1, 0.15) is 5.01 Å². The molecule has 0 aliphatic rings. The van der Waals surface area contributed by atoms with Crippen LogP contribution in [0.2, 0.25) is 0 Å². The molecule has 1 amide bonds. The highest BCUT2D eigenvalue weighted by Gasteiger charge is 2.05. The Labute approximate surface area is 96.6 Å². The van der Waals surface area contributed by atoms with Crippen LogP contribution in [-0.4, -0.2) is 42.1 Å². The minimum Gasteiger partial charge on any atom is -0.383 e. The van der Waals surface area contributed by atoms with Gasteiger partial charge in [-0.3, -0.25) is 4.79 Å². The molecule has 0 bridgehead atoms. The summed E-state index contributed by atoms with van der Waals surface area (Å²) < 4.78 is 5.64. The molecular formula is C8H13N3O2S2. The third-order valence-electron chi connectivity index (χ3n) is 1.46. The third kappa shape index (κ3) is 5.10. The first-order valence-corrected chi connectivity index (χ1v) is 6.21. The molecule has 0 unspecified atom stereocenters. The standard InChI is InChI=1S/C8H13N3O2S2/c1-6-10-11-8(15-6)14-5-7(12)9-3-4-13-2/h3-5H2,1-2H3,(H,9,12). The summed E-state index contributed by atoms with van der Waals surface area (Å²) in [6.45, 7) is 2.97. The maximum atomic E-state index is 11.3. The van der Waals surface area contributed by atoms with Gasteiger partial charge in [0.2, 0.25) is 5.91 Å². The number of rotatable bonds is 6. The molecule has 1 aromatic heterocycles. The molecular weight excluding hydrogens is 234 g/mol. The van der Waals surface area contributed by atoms with Crippen LogP contribution < -0.4 is 5.32 Å². The fourth-order valence-electron chi connectivity index (χ4n) is 0.808. The molecule has 1 rings (SSSR count). The average Bonchev–Trinajstić information content (AvgIpc) is 2.62. The number of nitrogens with zero attached hydrogens (tertiary/aromatic N) is 2. The van der Waals surface area contributed by atoms with Crippen LogP contribution in [0.5, 0.6) is 0 Å². The zero-order valence-electron chi connectivity index (χ0n) is 8.65. The van der Waals surface area contributed by atoms with Crippen molar-refractivity contribution in [2.24, 2.45) is 0 Å². The summed E-state index contributed by atoms with van der Waals surface area (Å²) in [5, 5.41) is 11.4. The van der Waals surface area contributed by atoms with Crippen LogP contribution in [0.3, 0.4) is 0 Å². The summed E-state index contributed by atoms with van der Waals surface area (Å²) in [4.78, 5) is 11.3. The molecule has 84 valence electrons. The molecule has 0 atom stereocenters. The van der Waals surface area contributed by atoms with Gasteiger partial charge in [-0.05, 0) is 6.92 Å². The smallest absolute Gasteiger partial charge is 0.230 e. The van der Waals surface area contributed by atoms with Gasteiger partial charge < -0.3 is 10.1 Å². The number of aryl methyl sites for hydroxylation is 1. The Morgan fingerprint density at radius 2 is 2.40 bits per heavy atom. The molecule has 0 saturated carbocycles. The Balaban J connectivity index is 2.16. The van der Waals surface area contributed by atoms with Gasteiger partial charge in [0.1, 0.15) is 5.01 Å². The van der Waals surface area contributed by atoms with Gasteiger partial charge in [0.25, 0.3) is 0 Å². The molecule has 7 heteroatoms. The zero-order chi connectivity index (χ0) is 11.1. The van der Waals surface area contributed by atoms with E-state index in [9.17, 15) is 4.79 Å². The number of ether oxygens (including phenoxy) is 1. The summed E-state index contributed by atoms with van der Waals surface area (Å²) in [7, 11) is 1.60. The lowest BCUT2D eigenvalue weighted by Gasteiger charge is -2.02. The van der Waals surface area contributed by atoms with Crippen molar-refractivity contribution in [3.05, 3.63) is 5.01 Å². The number of nitrogens with one attached hydrogen (secondary N) is 1. The van der Waals surface area contributed by atoms with Gasteiger partial charge in [-0.2, -0.15) is 0 Å². The fourth-order valence-corrected chi connectivity index (χ4v) is 2.45. The van der Waals surface area contributed by atoms with Crippen molar-refractivity contribution in [3.8, 4) is 0 Å². The second-order valence-electron chi connectivity index (χ2n) is 2.72. The van der Waals surface area contributed by atoms with Crippen LogP contribution in [-0.2, 0) is 9.53 Å². The van der Waals surface area contributed by atoms with Crippen LogP contribution in [0.4, 0.5) is 0 Å². The maximum Gasteiger partial charge on any atom is 0.230 e. The van der Waals surface area contributed by atoms with Crippen LogP contribution in [0, 0.1) is 6.92 Å².